The highest BCUT2D eigenvalue weighted by atomic mass is 32.1. The third-order valence-electron chi connectivity index (χ3n) is 6.05. The zero-order chi connectivity index (χ0) is 26.1. The number of thiazole rings is 1. The van der Waals surface area contributed by atoms with E-state index in [0.29, 0.717) is 11.4 Å². The van der Waals surface area contributed by atoms with Gasteiger partial charge in [-0.3, -0.25) is 0 Å². The predicted molar refractivity (Wildman–Crippen MR) is 153 cm³/mol. The van der Waals surface area contributed by atoms with Crippen LogP contribution in [0.2, 0.25) is 0 Å². The zero-order valence-electron chi connectivity index (χ0n) is 20.6. The van der Waals surface area contributed by atoms with Crippen LogP contribution in [-0.2, 0) is 12.0 Å². The molecule has 2 heterocycles. The molecule has 0 aliphatic heterocycles. The molecule has 0 unspecified atom stereocenters. The lowest BCUT2D eigenvalue weighted by molar-refractivity contribution is 0.703. The summed E-state index contributed by atoms with van der Waals surface area (Å²) in [6.45, 7) is 5.88. The molecule has 0 fully saturated rings. The van der Waals surface area contributed by atoms with E-state index in [9.17, 15) is 0 Å². The van der Waals surface area contributed by atoms with Crippen LogP contribution >= 0.6 is 11.3 Å². The van der Waals surface area contributed by atoms with Gasteiger partial charge in [0, 0.05) is 28.9 Å². The summed E-state index contributed by atoms with van der Waals surface area (Å²) < 4.78 is 0. The molecule has 0 amide bonds. The number of nitrogens with zero attached hydrogens (tertiary/aromatic N) is 3. The molecule has 0 radical (unpaired) electrons. The third-order valence-corrected chi connectivity index (χ3v) is 6.98. The van der Waals surface area contributed by atoms with Gasteiger partial charge in [-0.15, -0.1) is 11.3 Å². The van der Waals surface area contributed by atoms with Gasteiger partial charge in [-0.1, -0.05) is 91.5 Å². The molecule has 0 saturated carbocycles. The second kappa shape index (κ2) is 11.9. The minimum atomic E-state index is -0.811. The van der Waals surface area contributed by atoms with Gasteiger partial charge in [0.05, 0.1) is 18.2 Å². The van der Waals surface area contributed by atoms with Gasteiger partial charge < -0.3 is 10.7 Å². The van der Waals surface area contributed by atoms with Gasteiger partial charge in [0.25, 0.3) is 0 Å². The number of anilines is 1. The molecule has 4 aromatic rings. The summed E-state index contributed by atoms with van der Waals surface area (Å²) in [5.41, 5.74) is 4.38. The van der Waals surface area contributed by atoms with E-state index in [-0.39, 0.29) is 6.42 Å². The molecule has 37 heavy (non-hydrogen) atoms. The standard InChI is InChI=1S/C31H27N5S/c1-3-5-12-23(4-2)31(24-13-8-6-9-14-24,25-15-10-7-11-16-25)36-29-28(21-33)27(18-20-34-29)30-35-26(17-19-32)22-37-30/h3-16,18,20-22,33H,1,17H2,2H3,(H,34,36). The molecular formula is C31H27N5S. The van der Waals surface area contributed by atoms with Crippen LogP contribution < -0.4 is 5.32 Å². The minimum Gasteiger partial charge on any atom is -0.352 e. The molecule has 0 aliphatic rings. The van der Waals surface area contributed by atoms with Crippen LogP contribution in [0.15, 0.2) is 115 Å². The number of aromatic nitrogens is 2. The first-order valence-electron chi connectivity index (χ1n) is 11.8. The Labute approximate surface area is 221 Å². The van der Waals surface area contributed by atoms with Gasteiger partial charge >= 0.3 is 0 Å². The van der Waals surface area contributed by atoms with Crippen LogP contribution in [0.1, 0.15) is 29.3 Å². The van der Waals surface area contributed by atoms with Crippen LogP contribution in [-0.4, -0.2) is 16.2 Å². The Bertz CT molecular complexity index is 1440. The molecule has 4 rings (SSSR count). The van der Waals surface area contributed by atoms with E-state index >= 15 is 0 Å². The quantitative estimate of drug-likeness (QED) is 0.176. The maximum absolute atomic E-state index is 9.07. The number of nitriles is 1. The Morgan fingerprint density at radius 1 is 1.11 bits per heavy atom. The van der Waals surface area contributed by atoms with E-state index < -0.39 is 5.54 Å². The summed E-state index contributed by atoms with van der Waals surface area (Å²) in [5.74, 6) is 0.559. The SMILES string of the molecule is C=CC=CC(=CC)C(Nc1nccc(-c2nc(CC#N)cs2)c1C=N)(c1ccccc1)c1ccccc1. The number of pyridine rings is 1. The Morgan fingerprint density at radius 3 is 2.35 bits per heavy atom. The number of nitrogens with one attached hydrogen (secondary N) is 2. The summed E-state index contributed by atoms with van der Waals surface area (Å²) in [5, 5.41) is 23.8. The van der Waals surface area contributed by atoms with E-state index in [2.05, 4.69) is 53.3 Å². The molecule has 5 nitrogen and oxygen atoms in total. The number of hydrogen-bond donors (Lipinski definition) is 2. The lowest BCUT2D eigenvalue weighted by Gasteiger charge is -2.38. The van der Waals surface area contributed by atoms with Crippen molar-refractivity contribution in [1.29, 1.82) is 10.7 Å². The molecular weight excluding hydrogens is 474 g/mol. The Balaban J connectivity index is 1.97. The summed E-state index contributed by atoms with van der Waals surface area (Å²) in [6, 6.07) is 24.5. The summed E-state index contributed by atoms with van der Waals surface area (Å²) in [7, 11) is 0. The fourth-order valence-corrected chi connectivity index (χ4v) is 5.24. The smallest absolute Gasteiger partial charge is 0.136 e. The van der Waals surface area contributed by atoms with Crippen molar-refractivity contribution in [1.82, 2.24) is 9.97 Å². The van der Waals surface area contributed by atoms with Crippen molar-refractivity contribution in [3.8, 4) is 16.6 Å². The Morgan fingerprint density at radius 2 is 1.78 bits per heavy atom. The van der Waals surface area contributed by atoms with Gasteiger partial charge in [0.1, 0.15) is 16.4 Å². The first-order valence-corrected chi connectivity index (χ1v) is 12.7. The zero-order valence-corrected chi connectivity index (χ0v) is 21.4. The highest BCUT2D eigenvalue weighted by Gasteiger charge is 2.38. The van der Waals surface area contributed by atoms with Gasteiger partial charge in [0.2, 0.25) is 0 Å². The number of hydrogen-bond acceptors (Lipinski definition) is 6. The Kier molecular flexibility index (Phi) is 8.19. The second-order valence-corrected chi connectivity index (χ2v) is 9.05. The second-order valence-electron chi connectivity index (χ2n) is 8.19. The first kappa shape index (κ1) is 25.5. The fraction of sp³-hybridized carbons (Fsp3) is 0.0968. The van der Waals surface area contributed by atoms with Crippen molar-refractivity contribution < 1.29 is 0 Å². The van der Waals surface area contributed by atoms with Crippen molar-refractivity contribution in [2.24, 2.45) is 0 Å². The van der Waals surface area contributed by atoms with Crippen molar-refractivity contribution in [2.75, 3.05) is 5.32 Å². The molecule has 0 atom stereocenters. The van der Waals surface area contributed by atoms with Gasteiger partial charge in [-0.25, -0.2) is 9.97 Å². The topological polar surface area (TPSA) is 85.5 Å². The van der Waals surface area contributed by atoms with Crippen molar-refractivity contribution >= 4 is 23.4 Å². The highest BCUT2D eigenvalue weighted by molar-refractivity contribution is 7.13. The Hall–Kier alpha value is -4.60. The summed E-state index contributed by atoms with van der Waals surface area (Å²) >= 11 is 1.46. The first-order chi connectivity index (χ1) is 18.2. The average molecular weight is 502 g/mol. The van der Waals surface area contributed by atoms with Crippen molar-refractivity contribution in [3.63, 3.8) is 0 Å². The lowest BCUT2D eigenvalue weighted by atomic mass is 9.76. The van der Waals surface area contributed by atoms with Gasteiger partial charge in [0.15, 0.2) is 0 Å². The van der Waals surface area contributed by atoms with Crippen LogP contribution in [0.25, 0.3) is 10.6 Å². The highest BCUT2D eigenvalue weighted by Crippen LogP contribution is 2.42. The maximum atomic E-state index is 9.07. The molecule has 0 aliphatic carbocycles. The average Bonchev–Trinajstić information content (AvgIpc) is 3.42. The molecule has 0 spiro atoms. The van der Waals surface area contributed by atoms with Gasteiger partial charge in [-0.2, -0.15) is 5.26 Å². The summed E-state index contributed by atoms with van der Waals surface area (Å²) in [6.07, 6.45) is 11.1. The normalized spacial score (nSPS) is 11.7. The third kappa shape index (κ3) is 5.18. The number of rotatable bonds is 10. The van der Waals surface area contributed by atoms with Crippen LogP contribution in [0, 0.1) is 16.7 Å². The molecule has 182 valence electrons. The van der Waals surface area contributed by atoms with Crippen LogP contribution in [0.3, 0.4) is 0 Å². The fourth-order valence-electron chi connectivity index (χ4n) is 4.38. The van der Waals surface area contributed by atoms with E-state index in [1.165, 1.54) is 17.6 Å². The minimum absolute atomic E-state index is 0.248. The maximum Gasteiger partial charge on any atom is 0.136 e. The molecule has 2 N–H and O–H groups in total. The number of allylic oxidation sites excluding steroid dienone is 3. The largest absolute Gasteiger partial charge is 0.352 e. The number of benzene rings is 2. The van der Waals surface area contributed by atoms with E-state index in [4.69, 9.17) is 15.7 Å². The van der Waals surface area contributed by atoms with Crippen LogP contribution in [0.4, 0.5) is 5.82 Å². The predicted octanol–water partition coefficient (Wildman–Crippen LogP) is 7.31. The molecule has 2 aromatic heterocycles. The van der Waals surface area contributed by atoms with Gasteiger partial charge in [-0.05, 0) is 29.7 Å². The monoisotopic (exact) mass is 501 g/mol. The summed E-state index contributed by atoms with van der Waals surface area (Å²) in [4.78, 5) is 9.33. The van der Waals surface area contributed by atoms with Crippen LogP contribution in [0.5, 0.6) is 0 Å². The molecule has 2 aromatic carbocycles. The molecule has 0 saturated heterocycles. The lowest BCUT2D eigenvalue weighted by Crippen LogP contribution is -2.39. The molecule has 0 bridgehead atoms. The van der Waals surface area contributed by atoms with E-state index in [1.54, 1.807) is 12.3 Å². The van der Waals surface area contributed by atoms with Crippen molar-refractivity contribution in [2.45, 2.75) is 18.9 Å². The molecule has 6 heteroatoms. The van der Waals surface area contributed by atoms with Crippen molar-refractivity contribution in [3.05, 3.63) is 137 Å². The van der Waals surface area contributed by atoms with E-state index in [0.717, 1.165) is 33.0 Å². The van der Waals surface area contributed by atoms with E-state index in [1.807, 2.05) is 66.9 Å².